The Balaban J connectivity index is 1.98. The third-order valence-electron chi connectivity index (χ3n) is 3.94. The van der Waals surface area contributed by atoms with Gasteiger partial charge in [-0.25, -0.2) is 0 Å². The minimum Gasteiger partial charge on any atom is -0.299 e. The van der Waals surface area contributed by atoms with Gasteiger partial charge in [0.25, 0.3) is 0 Å². The summed E-state index contributed by atoms with van der Waals surface area (Å²) in [5, 5.41) is 1.22. The molecule has 1 saturated carbocycles. The third kappa shape index (κ3) is 4.50. The van der Waals surface area contributed by atoms with Gasteiger partial charge in [-0.15, -0.1) is 0 Å². The summed E-state index contributed by atoms with van der Waals surface area (Å²) < 4.78 is 0. The smallest absolute Gasteiger partial charge is 0.140 e. The van der Waals surface area contributed by atoms with Gasteiger partial charge in [0.15, 0.2) is 0 Å². The van der Waals surface area contributed by atoms with Crippen molar-refractivity contribution in [3.8, 4) is 0 Å². The molecule has 1 aliphatic carbocycles. The van der Waals surface area contributed by atoms with Gasteiger partial charge in [0.05, 0.1) is 0 Å². The molecule has 0 spiro atoms. The van der Waals surface area contributed by atoms with Crippen LogP contribution in [0.3, 0.4) is 0 Å². The second-order valence-corrected chi connectivity index (χ2v) is 6.26. The molecule has 3 heteroatoms. The van der Waals surface area contributed by atoms with Crippen LogP contribution in [0, 0.1) is 5.92 Å². The standard InChI is InChI=1S/C16H20Cl2O/c17-14-9-8-13(15(18)11-14)10-16(19)12-6-4-2-1-3-5-7-12/h8-9,11-12H,1-7,10H2. The van der Waals surface area contributed by atoms with Crippen LogP contribution in [0.4, 0.5) is 0 Å². The van der Waals surface area contributed by atoms with Crippen molar-refractivity contribution in [2.75, 3.05) is 0 Å². The Morgan fingerprint density at radius 3 is 2.32 bits per heavy atom. The van der Waals surface area contributed by atoms with Gasteiger partial charge in [0.1, 0.15) is 5.78 Å². The molecule has 0 atom stereocenters. The normalized spacial score (nSPS) is 17.8. The highest BCUT2D eigenvalue weighted by Crippen LogP contribution is 2.26. The topological polar surface area (TPSA) is 17.1 Å². The number of hydrogen-bond acceptors (Lipinski definition) is 1. The van der Waals surface area contributed by atoms with Gasteiger partial charge in [0.2, 0.25) is 0 Å². The fraction of sp³-hybridized carbons (Fsp3) is 0.562. The molecule has 1 aliphatic rings. The molecule has 1 aromatic rings. The Morgan fingerprint density at radius 2 is 1.68 bits per heavy atom. The average Bonchev–Trinajstić information content (AvgIpc) is 2.32. The maximum Gasteiger partial charge on any atom is 0.140 e. The Labute approximate surface area is 125 Å². The molecule has 0 aliphatic heterocycles. The first kappa shape index (κ1) is 14.9. The van der Waals surface area contributed by atoms with Gasteiger partial charge >= 0.3 is 0 Å². The lowest BCUT2D eigenvalue weighted by molar-refractivity contribution is -0.122. The SMILES string of the molecule is O=C(Cc1ccc(Cl)cc1Cl)C1CCCCCCC1. The predicted molar refractivity (Wildman–Crippen MR) is 81.0 cm³/mol. The summed E-state index contributed by atoms with van der Waals surface area (Å²) in [6.07, 6.45) is 8.77. The van der Waals surface area contributed by atoms with E-state index < -0.39 is 0 Å². The van der Waals surface area contributed by atoms with Crippen molar-refractivity contribution >= 4 is 29.0 Å². The summed E-state index contributed by atoms with van der Waals surface area (Å²) in [5.74, 6) is 0.568. The van der Waals surface area contributed by atoms with Crippen molar-refractivity contribution in [2.24, 2.45) is 5.92 Å². The summed E-state index contributed by atoms with van der Waals surface area (Å²) in [7, 11) is 0. The Bertz CT molecular complexity index is 434. The Kier molecular flexibility index (Phi) is 5.72. The number of carbonyl (C=O) groups is 1. The van der Waals surface area contributed by atoms with Crippen LogP contribution < -0.4 is 0 Å². The summed E-state index contributed by atoms with van der Waals surface area (Å²) in [5.41, 5.74) is 0.901. The van der Waals surface area contributed by atoms with Gasteiger partial charge in [-0.3, -0.25) is 4.79 Å². The van der Waals surface area contributed by atoms with Crippen molar-refractivity contribution < 1.29 is 4.79 Å². The van der Waals surface area contributed by atoms with Crippen LogP contribution in [0.1, 0.15) is 50.5 Å². The van der Waals surface area contributed by atoms with Crippen molar-refractivity contribution in [3.63, 3.8) is 0 Å². The second-order valence-electron chi connectivity index (χ2n) is 5.42. The molecule has 19 heavy (non-hydrogen) atoms. The minimum absolute atomic E-state index is 0.229. The molecule has 0 unspecified atom stereocenters. The zero-order valence-electron chi connectivity index (χ0n) is 11.1. The largest absolute Gasteiger partial charge is 0.299 e. The van der Waals surface area contributed by atoms with Crippen LogP contribution in [0.2, 0.25) is 10.0 Å². The predicted octanol–water partition coefficient (Wildman–Crippen LogP) is 5.47. The summed E-state index contributed by atoms with van der Waals surface area (Å²) in [4.78, 5) is 12.4. The maximum absolute atomic E-state index is 12.4. The van der Waals surface area contributed by atoms with Gasteiger partial charge in [0, 0.05) is 22.4 Å². The van der Waals surface area contributed by atoms with Crippen LogP contribution in [0.25, 0.3) is 0 Å². The lowest BCUT2D eigenvalue weighted by Gasteiger charge is -2.18. The number of hydrogen-bond donors (Lipinski definition) is 0. The molecule has 2 rings (SSSR count). The van der Waals surface area contributed by atoms with E-state index in [2.05, 4.69) is 0 Å². The first-order chi connectivity index (χ1) is 9.16. The molecule has 0 bridgehead atoms. The van der Waals surface area contributed by atoms with Crippen molar-refractivity contribution in [2.45, 2.75) is 51.4 Å². The summed E-state index contributed by atoms with van der Waals surface area (Å²) in [6, 6.07) is 5.38. The Morgan fingerprint density at radius 1 is 1.05 bits per heavy atom. The third-order valence-corrected chi connectivity index (χ3v) is 4.53. The molecule has 0 heterocycles. The maximum atomic E-state index is 12.4. The van der Waals surface area contributed by atoms with Gasteiger partial charge in [-0.05, 0) is 30.5 Å². The number of halogens is 2. The minimum atomic E-state index is 0.229. The number of benzene rings is 1. The molecule has 0 saturated heterocycles. The highest BCUT2D eigenvalue weighted by molar-refractivity contribution is 6.35. The molecular weight excluding hydrogens is 279 g/mol. The van der Waals surface area contributed by atoms with Gasteiger partial charge < -0.3 is 0 Å². The van der Waals surface area contributed by atoms with E-state index in [9.17, 15) is 4.79 Å². The van der Waals surface area contributed by atoms with Gasteiger partial charge in [-0.1, -0.05) is 61.4 Å². The monoisotopic (exact) mass is 298 g/mol. The van der Waals surface area contributed by atoms with Crippen LogP contribution in [-0.4, -0.2) is 5.78 Å². The molecule has 0 radical (unpaired) electrons. The summed E-state index contributed by atoms with van der Waals surface area (Å²) in [6.45, 7) is 0. The van der Waals surface area contributed by atoms with Crippen molar-refractivity contribution in [1.29, 1.82) is 0 Å². The molecule has 1 aromatic carbocycles. The Hall–Kier alpha value is -0.530. The highest BCUT2D eigenvalue weighted by atomic mass is 35.5. The lowest BCUT2D eigenvalue weighted by atomic mass is 9.86. The van der Waals surface area contributed by atoms with Crippen LogP contribution >= 0.6 is 23.2 Å². The van der Waals surface area contributed by atoms with E-state index in [0.29, 0.717) is 22.2 Å². The quantitative estimate of drug-likeness (QED) is 0.723. The fourth-order valence-electron chi connectivity index (χ4n) is 2.78. The number of rotatable bonds is 3. The molecule has 0 amide bonds. The second kappa shape index (κ2) is 7.31. The highest BCUT2D eigenvalue weighted by Gasteiger charge is 2.20. The van der Waals surface area contributed by atoms with Crippen molar-refractivity contribution in [3.05, 3.63) is 33.8 Å². The molecule has 1 fully saturated rings. The molecule has 104 valence electrons. The van der Waals surface area contributed by atoms with E-state index in [1.807, 2.05) is 6.07 Å². The molecular formula is C16H20Cl2O. The fourth-order valence-corrected chi connectivity index (χ4v) is 3.25. The first-order valence-electron chi connectivity index (χ1n) is 7.13. The van der Waals surface area contributed by atoms with E-state index in [1.165, 1.54) is 32.1 Å². The van der Waals surface area contributed by atoms with Crippen LogP contribution in [0.15, 0.2) is 18.2 Å². The van der Waals surface area contributed by atoms with E-state index >= 15 is 0 Å². The average molecular weight is 299 g/mol. The zero-order chi connectivity index (χ0) is 13.7. The van der Waals surface area contributed by atoms with Crippen molar-refractivity contribution in [1.82, 2.24) is 0 Å². The number of ketones is 1. The van der Waals surface area contributed by atoms with Crippen LogP contribution in [-0.2, 0) is 11.2 Å². The van der Waals surface area contributed by atoms with E-state index in [-0.39, 0.29) is 5.92 Å². The van der Waals surface area contributed by atoms with Gasteiger partial charge in [-0.2, -0.15) is 0 Å². The lowest BCUT2D eigenvalue weighted by Crippen LogP contribution is -2.18. The number of carbonyl (C=O) groups excluding carboxylic acids is 1. The zero-order valence-corrected chi connectivity index (χ0v) is 12.6. The van der Waals surface area contributed by atoms with E-state index in [4.69, 9.17) is 23.2 Å². The summed E-state index contributed by atoms with van der Waals surface area (Å²) >= 11 is 12.0. The molecule has 0 N–H and O–H groups in total. The number of Topliss-reactive ketones (excluding diaryl/α,β-unsaturated/α-hetero) is 1. The van der Waals surface area contributed by atoms with E-state index in [0.717, 1.165) is 18.4 Å². The molecule has 1 nitrogen and oxygen atoms in total. The van der Waals surface area contributed by atoms with E-state index in [1.54, 1.807) is 12.1 Å². The van der Waals surface area contributed by atoms with Crippen LogP contribution in [0.5, 0.6) is 0 Å². The molecule has 0 aromatic heterocycles. The first-order valence-corrected chi connectivity index (χ1v) is 7.89.